The van der Waals surface area contributed by atoms with Crippen LogP contribution in [0.15, 0.2) is 59.5 Å². The molecule has 2 saturated heterocycles. The number of hydrogen-bond acceptors (Lipinski definition) is 10. The lowest BCUT2D eigenvalue weighted by Crippen LogP contribution is -2.69. The van der Waals surface area contributed by atoms with Crippen molar-refractivity contribution in [3.05, 3.63) is 76.3 Å². The van der Waals surface area contributed by atoms with E-state index in [4.69, 9.17) is 25.8 Å². The summed E-state index contributed by atoms with van der Waals surface area (Å²) in [4.78, 5) is 30.6. The molecule has 3 aromatic carbocycles. The minimum atomic E-state index is -5.32. The van der Waals surface area contributed by atoms with E-state index in [1.807, 2.05) is 0 Å². The number of amides is 2. The maximum absolute atomic E-state index is 15.8. The number of likely N-dealkylation sites (N-methyl/N-ethyl adjacent to an activating group) is 2. The molecule has 53 heavy (non-hydrogen) atoms. The third-order valence-corrected chi connectivity index (χ3v) is 12.2. The molecule has 3 aliphatic rings. The summed E-state index contributed by atoms with van der Waals surface area (Å²) >= 11 is 6.61. The molecule has 2 N–H and O–H groups in total. The van der Waals surface area contributed by atoms with Gasteiger partial charge in [0.25, 0.3) is 15.9 Å². The molecule has 0 aromatic heterocycles. The van der Waals surface area contributed by atoms with Gasteiger partial charge in [-0.15, -0.1) is 13.2 Å². The summed E-state index contributed by atoms with van der Waals surface area (Å²) in [6, 6.07) is 10.7. The van der Waals surface area contributed by atoms with E-state index in [0.717, 1.165) is 18.2 Å². The number of aliphatic hydroxyl groups is 1. The van der Waals surface area contributed by atoms with Gasteiger partial charge in [0.05, 0.1) is 51.3 Å². The van der Waals surface area contributed by atoms with Crippen molar-refractivity contribution < 1.29 is 59.7 Å². The van der Waals surface area contributed by atoms with Gasteiger partial charge in [-0.05, 0) is 48.0 Å². The predicted molar refractivity (Wildman–Crippen MR) is 185 cm³/mol. The SMILES string of the molecule is CNC(=O)[C@@H]1C[C@@H](O)C[N+]1(C)C1(c2cc(CN3CCOCC3)ccc2OC)C(=O)N(S(=O)(=O)c2ccc(OC)cc2OC(F)(F)F)c2ccc(Cl)cc21. The topological polar surface area (TPSA) is 144 Å². The third-order valence-electron chi connectivity index (χ3n) is 10.2. The van der Waals surface area contributed by atoms with E-state index in [2.05, 4.69) is 15.0 Å². The van der Waals surface area contributed by atoms with Crippen LogP contribution in [0.2, 0.25) is 5.02 Å². The number of methoxy groups -OCH3 is 2. The molecule has 2 unspecified atom stereocenters. The van der Waals surface area contributed by atoms with E-state index in [9.17, 15) is 31.5 Å². The van der Waals surface area contributed by atoms with Gasteiger partial charge in [0.2, 0.25) is 5.54 Å². The van der Waals surface area contributed by atoms with Gasteiger partial charge in [0.15, 0.2) is 11.8 Å². The lowest BCUT2D eigenvalue weighted by molar-refractivity contribution is -0.953. The van der Waals surface area contributed by atoms with Crippen LogP contribution in [-0.2, 0) is 36.4 Å². The van der Waals surface area contributed by atoms with Crippen molar-refractivity contribution in [2.45, 2.75) is 41.9 Å². The van der Waals surface area contributed by atoms with Gasteiger partial charge in [-0.3, -0.25) is 19.0 Å². The first kappa shape index (κ1) is 38.6. The first-order valence-electron chi connectivity index (χ1n) is 16.6. The molecule has 2 fully saturated rings. The van der Waals surface area contributed by atoms with Gasteiger partial charge < -0.3 is 29.4 Å². The van der Waals surface area contributed by atoms with Crippen LogP contribution in [0.4, 0.5) is 18.9 Å². The molecule has 286 valence electrons. The van der Waals surface area contributed by atoms with Crippen molar-refractivity contribution >= 4 is 39.1 Å². The molecule has 0 radical (unpaired) electrons. The van der Waals surface area contributed by atoms with E-state index in [-0.39, 0.29) is 46.3 Å². The number of halogens is 4. The number of likely N-dealkylation sites (tertiary alicyclic amines) is 1. The summed E-state index contributed by atoms with van der Waals surface area (Å²) in [5.74, 6) is -2.81. The lowest BCUT2D eigenvalue weighted by Gasteiger charge is -2.48. The number of aliphatic hydroxyl groups excluding tert-OH is 1. The van der Waals surface area contributed by atoms with Crippen molar-refractivity contribution in [3.8, 4) is 17.2 Å². The van der Waals surface area contributed by atoms with Crippen molar-refractivity contribution in [1.29, 1.82) is 0 Å². The van der Waals surface area contributed by atoms with Gasteiger partial charge >= 0.3 is 12.3 Å². The number of benzene rings is 3. The Morgan fingerprint density at radius 3 is 2.42 bits per heavy atom. The number of nitrogens with zero attached hydrogens (tertiary/aromatic N) is 3. The molecule has 6 rings (SSSR count). The first-order chi connectivity index (χ1) is 25.0. The maximum Gasteiger partial charge on any atom is 0.573 e. The Morgan fingerprint density at radius 2 is 1.77 bits per heavy atom. The van der Waals surface area contributed by atoms with Crippen molar-refractivity contribution in [3.63, 3.8) is 0 Å². The minimum Gasteiger partial charge on any atom is -0.497 e. The van der Waals surface area contributed by atoms with Gasteiger partial charge in [-0.25, -0.2) is 8.42 Å². The molecule has 3 aromatic rings. The fraction of sp³-hybridized carbons (Fsp3) is 0.429. The highest BCUT2D eigenvalue weighted by molar-refractivity contribution is 7.93. The van der Waals surface area contributed by atoms with Crippen molar-refractivity contribution in [2.24, 2.45) is 0 Å². The average molecular weight is 784 g/mol. The normalized spacial score (nSPS) is 24.9. The van der Waals surface area contributed by atoms with Crippen LogP contribution >= 0.6 is 11.6 Å². The Kier molecular flexibility index (Phi) is 10.4. The number of alkyl halides is 3. The maximum atomic E-state index is 15.8. The zero-order valence-electron chi connectivity index (χ0n) is 29.3. The van der Waals surface area contributed by atoms with E-state index in [0.29, 0.717) is 42.7 Å². The smallest absolute Gasteiger partial charge is 0.497 e. The summed E-state index contributed by atoms with van der Waals surface area (Å²) in [6.07, 6.45) is -6.55. The molecule has 3 aliphatic heterocycles. The molecule has 0 aliphatic carbocycles. The Balaban J connectivity index is 1.68. The number of hydrogen-bond donors (Lipinski definition) is 2. The summed E-state index contributed by atoms with van der Waals surface area (Å²) in [5, 5.41) is 13.9. The summed E-state index contributed by atoms with van der Waals surface area (Å²) in [7, 11) is 0.249. The van der Waals surface area contributed by atoms with Crippen LogP contribution in [0, 0.1) is 0 Å². The molecule has 3 heterocycles. The van der Waals surface area contributed by atoms with E-state index in [1.54, 1.807) is 25.2 Å². The fourth-order valence-electron chi connectivity index (χ4n) is 7.93. The lowest BCUT2D eigenvalue weighted by atomic mass is 9.78. The quantitative estimate of drug-likeness (QED) is 0.294. The Hall–Kier alpha value is -4.13. The monoisotopic (exact) mass is 783 g/mol. The van der Waals surface area contributed by atoms with E-state index in [1.165, 1.54) is 39.5 Å². The van der Waals surface area contributed by atoms with Gasteiger partial charge in [-0.2, -0.15) is 4.31 Å². The molecular formula is C35H39ClF3N4O9S+. The summed E-state index contributed by atoms with van der Waals surface area (Å²) < 4.78 is 91.3. The largest absolute Gasteiger partial charge is 0.573 e. The molecule has 4 atom stereocenters. The number of ether oxygens (including phenoxy) is 4. The number of carbonyl (C=O) groups is 2. The van der Waals surface area contributed by atoms with Crippen LogP contribution < -0.4 is 23.8 Å². The molecule has 0 saturated carbocycles. The van der Waals surface area contributed by atoms with Gasteiger partial charge in [0, 0.05) is 44.2 Å². The summed E-state index contributed by atoms with van der Waals surface area (Å²) in [6.45, 7) is 2.46. The number of rotatable bonds is 10. The van der Waals surface area contributed by atoms with Crippen molar-refractivity contribution in [2.75, 3.05) is 65.5 Å². The van der Waals surface area contributed by atoms with Gasteiger partial charge in [0.1, 0.15) is 29.0 Å². The summed E-state index contributed by atoms with van der Waals surface area (Å²) in [5.41, 5.74) is -1.53. The second kappa shape index (κ2) is 14.3. The zero-order valence-corrected chi connectivity index (χ0v) is 30.8. The highest BCUT2D eigenvalue weighted by Gasteiger charge is 2.72. The Morgan fingerprint density at radius 1 is 1.06 bits per heavy atom. The predicted octanol–water partition coefficient (Wildman–Crippen LogP) is 3.39. The van der Waals surface area contributed by atoms with E-state index >= 15 is 4.79 Å². The highest BCUT2D eigenvalue weighted by Crippen LogP contribution is 2.58. The fourth-order valence-corrected chi connectivity index (χ4v) is 9.66. The van der Waals surface area contributed by atoms with Crippen molar-refractivity contribution in [1.82, 2.24) is 10.2 Å². The van der Waals surface area contributed by atoms with Crippen LogP contribution in [0.5, 0.6) is 17.2 Å². The van der Waals surface area contributed by atoms with Crippen LogP contribution in [-0.4, -0.2) is 114 Å². The average Bonchev–Trinajstić information content (AvgIpc) is 3.57. The minimum absolute atomic E-state index is 0.0256. The third kappa shape index (κ3) is 6.56. The number of sulfonamides is 1. The van der Waals surface area contributed by atoms with Crippen LogP contribution in [0.25, 0.3) is 0 Å². The molecule has 0 bridgehead atoms. The van der Waals surface area contributed by atoms with Crippen LogP contribution in [0.3, 0.4) is 0 Å². The highest BCUT2D eigenvalue weighted by atomic mass is 35.5. The van der Waals surface area contributed by atoms with E-state index < -0.39 is 61.0 Å². The second-order valence-corrected chi connectivity index (χ2v) is 15.4. The number of carbonyl (C=O) groups excluding carboxylic acids is 2. The number of nitrogens with one attached hydrogen (secondary N) is 1. The number of morpholine rings is 1. The first-order valence-corrected chi connectivity index (χ1v) is 18.4. The Bertz CT molecular complexity index is 2030. The van der Waals surface area contributed by atoms with Gasteiger partial charge in [-0.1, -0.05) is 17.7 Å². The second-order valence-electron chi connectivity index (χ2n) is 13.2. The molecule has 2 amide bonds. The number of anilines is 1. The molecular weight excluding hydrogens is 745 g/mol. The Labute approximate surface area is 309 Å². The molecule has 0 spiro atoms. The molecule has 18 heteroatoms. The number of fused-ring (bicyclic) bond motifs is 1. The zero-order chi connectivity index (χ0) is 38.5. The molecule has 13 nitrogen and oxygen atoms in total. The standard InChI is InChI=1S/C35H38ClF3N4O9S/c1-40-32(45)28-17-23(44)20-43(28,2)34(26-15-21(5-9-29(26)50-4)19-41-11-13-51-14-12-41)25-16-22(36)6-8-27(25)42(33(34)46)53(47,48)31-10-7-24(49-3)18-30(31)52-35(37,38)39/h5-10,15-16,18,23,28,44H,11-14,17,19-20H2,1-4H3/p+1/t23-,28+,34?,43?/m1/s1. The number of quaternary nitrogens is 1. The van der Waals surface area contributed by atoms with Crippen LogP contribution in [0.1, 0.15) is 23.1 Å².